The number of hydrogen-bond acceptors (Lipinski definition) is 5. The summed E-state index contributed by atoms with van der Waals surface area (Å²) in [4.78, 5) is 12.7. The molecule has 20 heavy (non-hydrogen) atoms. The van der Waals surface area contributed by atoms with E-state index in [1.165, 1.54) is 0 Å². The van der Waals surface area contributed by atoms with Crippen LogP contribution in [0.1, 0.15) is 32.1 Å². The smallest absolute Gasteiger partial charge is 0.311 e. The maximum Gasteiger partial charge on any atom is 0.311 e. The van der Waals surface area contributed by atoms with Gasteiger partial charge in [-0.2, -0.15) is 0 Å². The van der Waals surface area contributed by atoms with Crippen molar-refractivity contribution in [1.82, 2.24) is 20.2 Å². The summed E-state index contributed by atoms with van der Waals surface area (Å²) in [5.74, 6) is -0.0731. The summed E-state index contributed by atoms with van der Waals surface area (Å²) < 4.78 is 1.64. The summed E-state index contributed by atoms with van der Waals surface area (Å²) in [6.45, 7) is 0.350. The molecule has 1 saturated carbocycles. The molecular formula is C13H16N4O2S. The Morgan fingerprint density at radius 2 is 2.20 bits per heavy atom. The molecular weight excluding hydrogens is 276 g/mol. The largest absolute Gasteiger partial charge is 0.481 e. The third kappa shape index (κ3) is 2.33. The Hall–Kier alpha value is -1.76. The molecule has 0 saturated heterocycles. The van der Waals surface area contributed by atoms with Crippen molar-refractivity contribution in [3.63, 3.8) is 0 Å². The lowest BCUT2D eigenvalue weighted by Crippen LogP contribution is -2.38. The summed E-state index contributed by atoms with van der Waals surface area (Å²) in [7, 11) is 0. The fraction of sp³-hybridized carbons (Fsp3) is 0.538. The van der Waals surface area contributed by atoms with Crippen LogP contribution >= 0.6 is 11.3 Å². The highest BCUT2D eigenvalue weighted by Gasteiger charge is 2.41. The average Bonchev–Trinajstić information content (AvgIpc) is 3.10. The molecule has 6 nitrogen and oxygen atoms in total. The SMILES string of the molecule is O=C(O)C1(Cn2nnnc2-c2cccs2)CCCCC1. The highest BCUT2D eigenvalue weighted by atomic mass is 32.1. The van der Waals surface area contributed by atoms with Gasteiger partial charge >= 0.3 is 5.97 Å². The average molecular weight is 292 g/mol. The quantitative estimate of drug-likeness (QED) is 0.936. The molecule has 106 valence electrons. The van der Waals surface area contributed by atoms with Crippen molar-refractivity contribution in [3.8, 4) is 10.7 Å². The van der Waals surface area contributed by atoms with Crippen molar-refractivity contribution in [2.45, 2.75) is 38.6 Å². The number of carboxylic acid groups (broad SMARTS) is 1. The second kappa shape index (κ2) is 5.32. The van der Waals surface area contributed by atoms with Crippen molar-refractivity contribution in [3.05, 3.63) is 17.5 Å². The van der Waals surface area contributed by atoms with Crippen LogP contribution in [0.5, 0.6) is 0 Å². The summed E-state index contributed by atoms with van der Waals surface area (Å²) in [6, 6.07) is 3.88. The van der Waals surface area contributed by atoms with Crippen LogP contribution in [-0.4, -0.2) is 31.3 Å². The van der Waals surface area contributed by atoms with Gasteiger partial charge < -0.3 is 5.11 Å². The highest BCUT2D eigenvalue weighted by molar-refractivity contribution is 7.13. The zero-order valence-corrected chi connectivity index (χ0v) is 11.8. The van der Waals surface area contributed by atoms with Crippen molar-refractivity contribution in [2.24, 2.45) is 5.41 Å². The van der Waals surface area contributed by atoms with E-state index in [1.54, 1.807) is 16.0 Å². The molecule has 0 bridgehead atoms. The number of nitrogens with zero attached hydrogens (tertiary/aromatic N) is 4. The van der Waals surface area contributed by atoms with Gasteiger partial charge in [-0.1, -0.05) is 25.3 Å². The molecule has 2 aromatic heterocycles. The number of aliphatic carboxylic acids is 1. The highest BCUT2D eigenvalue weighted by Crippen LogP contribution is 2.38. The van der Waals surface area contributed by atoms with E-state index in [9.17, 15) is 9.90 Å². The van der Waals surface area contributed by atoms with E-state index in [2.05, 4.69) is 15.5 Å². The van der Waals surface area contributed by atoms with Gasteiger partial charge in [-0.15, -0.1) is 16.4 Å². The number of aromatic nitrogens is 4. The summed E-state index contributed by atoms with van der Waals surface area (Å²) in [6.07, 6.45) is 4.44. The van der Waals surface area contributed by atoms with E-state index in [1.807, 2.05) is 17.5 Å². The van der Waals surface area contributed by atoms with Crippen LogP contribution in [0.3, 0.4) is 0 Å². The van der Waals surface area contributed by atoms with E-state index in [4.69, 9.17) is 0 Å². The van der Waals surface area contributed by atoms with Gasteiger partial charge in [0, 0.05) is 0 Å². The van der Waals surface area contributed by atoms with Gasteiger partial charge in [0.1, 0.15) is 0 Å². The van der Waals surface area contributed by atoms with Crippen LogP contribution in [-0.2, 0) is 11.3 Å². The molecule has 7 heteroatoms. The van der Waals surface area contributed by atoms with Crippen LogP contribution in [0.4, 0.5) is 0 Å². The first-order valence-corrected chi connectivity index (χ1v) is 7.63. The van der Waals surface area contributed by atoms with Gasteiger partial charge in [0.25, 0.3) is 0 Å². The number of carbonyl (C=O) groups is 1. The number of tetrazole rings is 1. The Morgan fingerprint density at radius 3 is 2.85 bits per heavy atom. The third-order valence-electron chi connectivity index (χ3n) is 3.99. The van der Waals surface area contributed by atoms with Crippen molar-refractivity contribution >= 4 is 17.3 Å². The van der Waals surface area contributed by atoms with Gasteiger partial charge in [-0.25, -0.2) is 4.68 Å². The Morgan fingerprint density at radius 1 is 1.40 bits per heavy atom. The number of rotatable bonds is 4. The first-order valence-electron chi connectivity index (χ1n) is 6.75. The second-order valence-electron chi connectivity index (χ2n) is 5.28. The minimum absolute atomic E-state index is 0.350. The molecule has 0 radical (unpaired) electrons. The molecule has 3 rings (SSSR count). The number of carboxylic acids is 1. The van der Waals surface area contributed by atoms with Gasteiger partial charge in [-0.05, 0) is 34.7 Å². The third-order valence-corrected chi connectivity index (χ3v) is 4.86. The van der Waals surface area contributed by atoms with Crippen LogP contribution in [0, 0.1) is 5.41 Å². The first kappa shape index (κ1) is 13.2. The van der Waals surface area contributed by atoms with Crippen molar-refractivity contribution < 1.29 is 9.90 Å². The van der Waals surface area contributed by atoms with Gasteiger partial charge in [0.15, 0.2) is 5.82 Å². The van der Waals surface area contributed by atoms with E-state index >= 15 is 0 Å². The zero-order valence-electron chi connectivity index (χ0n) is 11.0. The molecule has 0 amide bonds. The molecule has 1 aliphatic carbocycles. The minimum atomic E-state index is -0.732. The maximum absolute atomic E-state index is 11.7. The molecule has 0 unspecified atom stereocenters. The number of hydrogen-bond donors (Lipinski definition) is 1. The molecule has 1 fully saturated rings. The van der Waals surface area contributed by atoms with E-state index in [0.717, 1.165) is 24.1 Å². The van der Waals surface area contributed by atoms with Gasteiger partial charge in [-0.3, -0.25) is 4.79 Å². The maximum atomic E-state index is 11.7. The van der Waals surface area contributed by atoms with Gasteiger partial charge in [0.05, 0.1) is 16.8 Å². The Labute approximate surface area is 120 Å². The zero-order chi connectivity index (χ0) is 14.0. The van der Waals surface area contributed by atoms with Crippen LogP contribution < -0.4 is 0 Å². The first-order chi connectivity index (χ1) is 9.71. The molecule has 0 spiro atoms. The Bertz CT molecular complexity index is 587. The minimum Gasteiger partial charge on any atom is -0.481 e. The van der Waals surface area contributed by atoms with Crippen LogP contribution in [0.15, 0.2) is 17.5 Å². The Kier molecular flexibility index (Phi) is 3.52. The predicted octanol–water partition coefficient (Wildman–Crippen LogP) is 2.44. The molecule has 1 aliphatic rings. The Balaban J connectivity index is 1.90. The number of thiophene rings is 1. The summed E-state index contributed by atoms with van der Waals surface area (Å²) >= 11 is 1.55. The molecule has 0 atom stereocenters. The summed E-state index contributed by atoms with van der Waals surface area (Å²) in [5.41, 5.74) is -0.723. The van der Waals surface area contributed by atoms with E-state index < -0.39 is 11.4 Å². The van der Waals surface area contributed by atoms with E-state index in [-0.39, 0.29) is 0 Å². The lowest BCUT2D eigenvalue weighted by molar-refractivity contribution is -0.152. The normalized spacial score (nSPS) is 18.0. The van der Waals surface area contributed by atoms with E-state index in [0.29, 0.717) is 25.2 Å². The van der Waals surface area contributed by atoms with Crippen LogP contribution in [0.2, 0.25) is 0 Å². The lowest BCUT2D eigenvalue weighted by atomic mass is 9.74. The lowest BCUT2D eigenvalue weighted by Gasteiger charge is -2.32. The standard InChI is InChI=1S/C13H16N4O2S/c18-12(19)13(6-2-1-3-7-13)9-17-11(14-15-16-17)10-5-4-8-20-10/h4-5,8H,1-3,6-7,9H2,(H,18,19). The van der Waals surface area contributed by atoms with Crippen molar-refractivity contribution in [2.75, 3.05) is 0 Å². The molecule has 1 N–H and O–H groups in total. The van der Waals surface area contributed by atoms with Gasteiger partial charge in [0.2, 0.25) is 0 Å². The molecule has 2 heterocycles. The summed E-state index contributed by atoms with van der Waals surface area (Å²) in [5, 5.41) is 23.3. The monoisotopic (exact) mass is 292 g/mol. The molecule has 2 aromatic rings. The fourth-order valence-electron chi connectivity index (χ4n) is 2.85. The van der Waals surface area contributed by atoms with Crippen molar-refractivity contribution in [1.29, 1.82) is 0 Å². The second-order valence-corrected chi connectivity index (χ2v) is 6.23. The molecule has 0 aliphatic heterocycles. The fourth-order valence-corrected chi connectivity index (χ4v) is 3.56. The predicted molar refractivity (Wildman–Crippen MR) is 74.3 cm³/mol. The topological polar surface area (TPSA) is 80.9 Å². The molecule has 0 aromatic carbocycles. The van der Waals surface area contributed by atoms with Crippen LogP contribution in [0.25, 0.3) is 10.7 Å².